The molecule has 0 saturated heterocycles. The van der Waals surface area contributed by atoms with Crippen molar-refractivity contribution >= 4 is 28.1 Å². The zero-order valence-corrected chi connectivity index (χ0v) is 14.4. The van der Waals surface area contributed by atoms with Crippen LogP contribution in [0.15, 0.2) is 47.8 Å². The predicted octanol–water partition coefficient (Wildman–Crippen LogP) is 4.69. The lowest BCUT2D eigenvalue weighted by Crippen LogP contribution is -2.26. The van der Waals surface area contributed by atoms with Crippen LogP contribution < -0.4 is 0 Å². The summed E-state index contributed by atoms with van der Waals surface area (Å²) in [6, 6.07) is 13.9. The maximum Gasteiger partial charge on any atom is 0.254 e. The number of fused-ring (bicyclic) bond motifs is 1. The van der Waals surface area contributed by atoms with Crippen LogP contribution >= 0.6 is 11.3 Å². The second kappa shape index (κ2) is 6.50. The highest BCUT2D eigenvalue weighted by Crippen LogP contribution is 2.24. The summed E-state index contributed by atoms with van der Waals surface area (Å²) in [5.41, 5.74) is 2.57. The molecule has 118 valence electrons. The fourth-order valence-corrected chi connectivity index (χ4v) is 3.34. The van der Waals surface area contributed by atoms with Crippen LogP contribution in [0.2, 0.25) is 0 Å². The van der Waals surface area contributed by atoms with Crippen LogP contribution in [0.5, 0.6) is 0 Å². The zero-order valence-electron chi connectivity index (χ0n) is 13.6. The average molecular weight is 324 g/mol. The molecular weight excluding hydrogens is 304 g/mol. The Bertz CT molecular complexity index is 825. The van der Waals surface area contributed by atoms with Crippen LogP contribution in [-0.4, -0.2) is 22.8 Å². The van der Waals surface area contributed by atoms with Gasteiger partial charge < -0.3 is 4.90 Å². The standard InChI is InChI=1S/C19H20N2OS/c1-13(2)18-11-16(15-8-4-5-9-17(15)20-18)19(22)21(3)12-14-7-6-10-23-14/h4-11,13H,12H2,1-3H3. The lowest BCUT2D eigenvalue weighted by molar-refractivity contribution is 0.0788. The van der Waals surface area contributed by atoms with Crippen LogP contribution in [0.4, 0.5) is 0 Å². The number of nitrogens with zero attached hydrogens (tertiary/aromatic N) is 2. The zero-order chi connectivity index (χ0) is 16.4. The minimum absolute atomic E-state index is 0.0406. The van der Waals surface area contributed by atoms with Crippen molar-refractivity contribution in [3.63, 3.8) is 0 Å². The van der Waals surface area contributed by atoms with Gasteiger partial charge in [-0.15, -0.1) is 11.3 Å². The number of aromatic nitrogens is 1. The molecule has 3 aromatic rings. The number of carbonyl (C=O) groups excluding carboxylic acids is 1. The summed E-state index contributed by atoms with van der Waals surface area (Å²) in [6.45, 7) is 4.83. The van der Waals surface area contributed by atoms with Crippen LogP contribution in [-0.2, 0) is 6.54 Å². The highest BCUT2D eigenvalue weighted by atomic mass is 32.1. The number of thiophene rings is 1. The molecule has 0 atom stereocenters. The topological polar surface area (TPSA) is 33.2 Å². The van der Waals surface area contributed by atoms with E-state index in [0.29, 0.717) is 6.54 Å². The number of benzene rings is 1. The molecular formula is C19H20N2OS. The van der Waals surface area contributed by atoms with E-state index in [9.17, 15) is 4.79 Å². The number of rotatable bonds is 4. The first kappa shape index (κ1) is 15.7. The maximum atomic E-state index is 13.0. The van der Waals surface area contributed by atoms with Gasteiger partial charge in [0.1, 0.15) is 0 Å². The van der Waals surface area contributed by atoms with Crippen molar-refractivity contribution in [1.82, 2.24) is 9.88 Å². The first-order chi connectivity index (χ1) is 11.1. The van der Waals surface area contributed by atoms with Gasteiger partial charge >= 0.3 is 0 Å². The van der Waals surface area contributed by atoms with Crippen molar-refractivity contribution in [1.29, 1.82) is 0 Å². The molecule has 0 saturated carbocycles. The Morgan fingerprint density at radius 2 is 2.00 bits per heavy atom. The van der Waals surface area contributed by atoms with Gasteiger partial charge in [-0.25, -0.2) is 0 Å². The van der Waals surface area contributed by atoms with Crippen LogP contribution in [0.1, 0.15) is 40.7 Å². The van der Waals surface area contributed by atoms with Crippen LogP contribution in [0.25, 0.3) is 10.9 Å². The van der Waals surface area contributed by atoms with Gasteiger partial charge in [0.2, 0.25) is 0 Å². The molecule has 3 nitrogen and oxygen atoms in total. The highest BCUT2D eigenvalue weighted by Gasteiger charge is 2.18. The third kappa shape index (κ3) is 3.27. The Morgan fingerprint density at radius 3 is 2.70 bits per heavy atom. The first-order valence-corrected chi connectivity index (χ1v) is 8.61. The number of pyridine rings is 1. The van der Waals surface area contributed by atoms with Gasteiger partial charge in [-0.05, 0) is 29.5 Å². The van der Waals surface area contributed by atoms with E-state index in [1.165, 1.54) is 4.88 Å². The highest BCUT2D eigenvalue weighted by molar-refractivity contribution is 7.09. The molecule has 0 spiro atoms. The molecule has 0 unspecified atom stereocenters. The predicted molar refractivity (Wildman–Crippen MR) is 95.9 cm³/mol. The van der Waals surface area contributed by atoms with Gasteiger partial charge in [-0.2, -0.15) is 0 Å². The molecule has 1 aromatic carbocycles. The van der Waals surface area contributed by atoms with Crippen molar-refractivity contribution in [2.24, 2.45) is 0 Å². The number of hydrogen-bond acceptors (Lipinski definition) is 3. The van der Waals surface area contributed by atoms with E-state index in [4.69, 9.17) is 0 Å². The summed E-state index contributed by atoms with van der Waals surface area (Å²) < 4.78 is 0. The minimum atomic E-state index is 0.0406. The molecule has 2 aromatic heterocycles. The maximum absolute atomic E-state index is 13.0. The number of amides is 1. The van der Waals surface area contributed by atoms with E-state index in [0.717, 1.165) is 22.2 Å². The van der Waals surface area contributed by atoms with Crippen molar-refractivity contribution in [2.45, 2.75) is 26.3 Å². The molecule has 0 bridgehead atoms. The second-order valence-electron chi connectivity index (χ2n) is 6.01. The molecule has 23 heavy (non-hydrogen) atoms. The third-order valence-electron chi connectivity index (χ3n) is 3.88. The van der Waals surface area contributed by atoms with Gasteiger partial charge in [0.05, 0.1) is 17.6 Å². The van der Waals surface area contributed by atoms with E-state index in [-0.39, 0.29) is 11.8 Å². The molecule has 2 heterocycles. The molecule has 0 aliphatic rings. The lowest BCUT2D eigenvalue weighted by Gasteiger charge is -2.18. The molecule has 3 rings (SSSR count). The van der Waals surface area contributed by atoms with Gasteiger partial charge in [-0.1, -0.05) is 38.1 Å². The van der Waals surface area contributed by atoms with E-state index in [1.807, 2.05) is 48.8 Å². The molecule has 0 N–H and O–H groups in total. The average Bonchev–Trinajstić information content (AvgIpc) is 3.05. The normalized spacial score (nSPS) is 11.1. The smallest absolute Gasteiger partial charge is 0.254 e. The SMILES string of the molecule is CC(C)c1cc(C(=O)N(C)Cc2cccs2)c2ccccc2n1. The van der Waals surface area contributed by atoms with Crippen LogP contribution in [0.3, 0.4) is 0 Å². The van der Waals surface area contributed by atoms with Crippen molar-refractivity contribution in [3.8, 4) is 0 Å². The molecule has 1 amide bonds. The summed E-state index contributed by atoms with van der Waals surface area (Å²) in [7, 11) is 1.85. The molecule has 0 fully saturated rings. The van der Waals surface area contributed by atoms with Crippen molar-refractivity contribution < 1.29 is 4.79 Å². The minimum Gasteiger partial charge on any atom is -0.337 e. The van der Waals surface area contributed by atoms with Gasteiger partial charge in [0.25, 0.3) is 5.91 Å². The van der Waals surface area contributed by atoms with E-state index in [1.54, 1.807) is 16.2 Å². The summed E-state index contributed by atoms with van der Waals surface area (Å²) in [5.74, 6) is 0.327. The molecule has 0 radical (unpaired) electrons. The summed E-state index contributed by atoms with van der Waals surface area (Å²) >= 11 is 1.67. The Hall–Kier alpha value is -2.20. The fraction of sp³-hybridized carbons (Fsp3) is 0.263. The molecule has 0 aliphatic carbocycles. The van der Waals surface area contributed by atoms with E-state index in [2.05, 4.69) is 24.9 Å². The fourth-order valence-electron chi connectivity index (χ4n) is 2.58. The van der Waals surface area contributed by atoms with E-state index < -0.39 is 0 Å². The molecule has 4 heteroatoms. The van der Waals surface area contributed by atoms with Gasteiger partial charge in [0, 0.05) is 23.0 Å². The summed E-state index contributed by atoms with van der Waals surface area (Å²) in [6.07, 6.45) is 0. The Morgan fingerprint density at radius 1 is 1.22 bits per heavy atom. The monoisotopic (exact) mass is 324 g/mol. The largest absolute Gasteiger partial charge is 0.337 e. The van der Waals surface area contributed by atoms with Crippen LogP contribution in [0, 0.1) is 0 Å². The molecule has 0 aliphatic heterocycles. The summed E-state index contributed by atoms with van der Waals surface area (Å²) in [4.78, 5) is 20.6. The number of carbonyl (C=O) groups is 1. The van der Waals surface area contributed by atoms with Crippen molar-refractivity contribution in [2.75, 3.05) is 7.05 Å². The van der Waals surface area contributed by atoms with Crippen molar-refractivity contribution in [3.05, 3.63) is 64.0 Å². The first-order valence-electron chi connectivity index (χ1n) is 7.74. The second-order valence-corrected chi connectivity index (χ2v) is 7.04. The van der Waals surface area contributed by atoms with Gasteiger partial charge in [-0.3, -0.25) is 9.78 Å². The number of para-hydroxylation sites is 1. The lowest BCUT2D eigenvalue weighted by atomic mass is 10.0. The third-order valence-corrected chi connectivity index (χ3v) is 4.74. The summed E-state index contributed by atoms with van der Waals surface area (Å²) in [5, 5.41) is 2.95. The Balaban J connectivity index is 2.01. The van der Waals surface area contributed by atoms with E-state index >= 15 is 0 Å². The number of hydrogen-bond donors (Lipinski definition) is 0. The Kier molecular flexibility index (Phi) is 4.44. The Labute approximate surface area is 140 Å². The quantitative estimate of drug-likeness (QED) is 0.697. The van der Waals surface area contributed by atoms with Gasteiger partial charge in [0.15, 0.2) is 0 Å².